The van der Waals surface area contributed by atoms with Crippen LogP contribution in [-0.2, 0) is 16.0 Å². The van der Waals surface area contributed by atoms with Gasteiger partial charge in [0.05, 0.1) is 12.6 Å². The number of rotatable bonds is 3. The number of amides is 2. The molecular formula is C19H18F2N4O2. The smallest absolute Gasteiger partial charge is 0.230 e. The molecule has 0 saturated carbocycles. The SMILES string of the molecule is O=C1CC(c2ccnc(F)c2)NC(CC(=O)N2CCc3c(F)cccc32)N1. The van der Waals surface area contributed by atoms with E-state index in [2.05, 4.69) is 15.6 Å². The van der Waals surface area contributed by atoms with Crippen LogP contribution in [0, 0.1) is 11.8 Å². The summed E-state index contributed by atoms with van der Waals surface area (Å²) in [5, 5.41) is 5.91. The molecule has 140 valence electrons. The molecule has 4 rings (SSSR count). The molecule has 2 N–H and O–H groups in total. The molecule has 0 bridgehead atoms. The number of carbonyl (C=O) groups excluding carboxylic acids is 2. The van der Waals surface area contributed by atoms with E-state index in [1.165, 1.54) is 18.3 Å². The third-order valence-electron chi connectivity index (χ3n) is 4.93. The van der Waals surface area contributed by atoms with Gasteiger partial charge in [-0.25, -0.2) is 9.37 Å². The molecule has 0 radical (unpaired) electrons. The average Bonchev–Trinajstić information content (AvgIpc) is 3.07. The highest BCUT2D eigenvalue weighted by Crippen LogP contribution is 2.30. The largest absolute Gasteiger partial charge is 0.340 e. The lowest BCUT2D eigenvalue weighted by Gasteiger charge is -2.32. The molecule has 0 aliphatic carbocycles. The number of fused-ring (bicyclic) bond motifs is 1. The highest BCUT2D eigenvalue weighted by molar-refractivity contribution is 5.96. The highest BCUT2D eigenvalue weighted by atomic mass is 19.1. The van der Waals surface area contributed by atoms with E-state index in [1.807, 2.05) is 0 Å². The average molecular weight is 372 g/mol. The monoisotopic (exact) mass is 372 g/mol. The summed E-state index contributed by atoms with van der Waals surface area (Å²) in [5.74, 6) is -1.37. The standard InChI is InChI=1S/C19H18F2N4O2/c20-13-2-1-3-15-12(13)5-7-25(15)19(27)10-17-23-14(9-18(26)24-17)11-4-6-22-16(21)8-11/h1-4,6,8,14,17,23H,5,7,9-10H2,(H,24,26). The number of nitrogens with zero attached hydrogens (tertiary/aromatic N) is 2. The number of hydrogen-bond acceptors (Lipinski definition) is 4. The number of benzene rings is 1. The third kappa shape index (κ3) is 3.52. The van der Waals surface area contributed by atoms with Crippen molar-refractivity contribution in [2.45, 2.75) is 31.5 Å². The van der Waals surface area contributed by atoms with E-state index < -0.39 is 18.2 Å². The number of nitrogens with one attached hydrogen (secondary N) is 2. The summed E-state index contributed by atoms with van der Waals surface area (Å²) in [6, 6.07) is 7.19. The minimum absolute atomic E-state index is 0.0196. The van der Waals surface area contributed by atoms with E-state index in [9.17, 15) is 18.4 Å². The maximum Gasteiger partial charge on any atom is 0.230 e. The van der Waals surface area contributed by atoms with Crippen LogP contribution >= 0.6 is 0 Å². The first-order valence-electron chi connectivity index (χ1n) is 8.76. The van der Waals surface area contributed by atoms with Crippen molar-refractivity contribution in [2.75, 3.05) is 11.4 Å². The van der Waals surface area contributed by atoms with Gasteiger partial charge < -0.3 is 10.2 Å². The van der Waals surface area contributed by atoms with Crippen LogP contribution in [-0.4, -0.2) is 29.5 Å². The number of hydrogen-bond donors (Lipinski definition) is 2. The van der Waals surface area contributed by atoms with Crippen molar-refractivity contribution < 1.29 is 18.4 Å². The molecule has 27 heavy (non-hydrogen) atoms. The first kappa shape index (κ1) is 17.5. The molecule has 2 atom stereocenters. The zero-order valence-corrected chi connectivity index (χ0v) is 14.4. The Kier molecular flexibility index (Phi) is 4.57. The van der Waals surface area contributed by atoms with E-state index in [4.69, 9.17) is 0 Å². The molecule has 0 spiro atoms. The number of anilines is 1. The minimum Gasteiger partial charge on any atom is -0.340 e. The third-order valence-corrected chi connectivity index (χ3v) is 4.93. The maximum absolute atomic E-state index is 13.9. The molecule has 1 fully saturated rings. The highest BCUT2D eigenvalue weighted by Gasteiger charge is 2.32. The predicted molar refractivity (Wildman–Crippen MR) is 93.7 cm³/mol. The van der Waals surface area contributed by atoms with Crippen LogP contribution < -0.4 is 15.5 Å². The molecule has 8 heteroatoms. The van der Waals surface area contributed by atoms with Gasteiger partial charge in [0, 0.05) is 36.5 Å². The Morgan fingerprint density at radius 2 is 2.15 bits per heavy atom. The molecular weight excluding hydrogens is 354 g/mol. The molecule has 2 aromatic rings. The Labute approximate surface area is 154 Å². The summed E-state index contributed by atoms with van der Waals surface area (Å²) in [6.45, 7) is 0.411. The van der Waals surface area contributed by atoms with Crippen LogP contribution in [0.4, 0.5) is 14.5 Å². The van der Waals surface area contributed by atoms with Crippen molar-refractivity contribution in [1.29, 1.82) is 0 Å². The number of pyridine rings is 1. The van der Waals surface area contributed by atoms with Gasteiger partial charge in [-0.1, -0.05) is 6.07 Å². The van der Waals surface area contributed by atoms with Crippen LogP contribution in [0.15, 0.2) is 36.5 Å². The van der Waals surface area contributed by atoms with Gasteiger partial charge in [0.2, 0.25) is 17.8 Å². The van der Waals surface area contributed by atoms with Gasteiger partial charge in [-0.3, -0.25) is 14.9 Å². The van der Waals surface area contributed by atoms with E-state index in [1.54, 1.807) is 23.1 Å². The Morgan fingerprint density at radius 1 is 1.30 bits per heavy atom. The van der Waals surface area contributed by atoms with Crippen molar-refractivity contribution >= 4 is 17.5 Å². The van der Waals surface area contributed by atoms with Crippen LogP contribution in [0.2, 0.25) is 0 Å². The van der Waals surface area contributed by atoms with E-state index >= 15 is 0 Å². The van der Waals surface area contributed by atoms with Crippen molar-refractivity contribution in [2.24, 2.45) is 0 Å². The van der Waals surface area contributed by atoms with Crippen molar-refractivity contribution in [3.63, 3.8) is 0 Å². The van der Waals surface area contributed by atoms with Crippen LogP contribution in [0.1, 0.15) is 30.0 Å². The second-order valence-electron chi connectivity index (χ2n) is 6.69. The summed E-state index contributed by atoms with van der Waals surface area (Å²) in [5.41, 5.74) is 1.72. The van der Waals surface area contributed by atoms with E-state index in [-0.39, 0.29) is 30.5 Å². The van der Waals surface area contributed by atoms with Gasteiger partial charge in [-0.15, -0.1) is 0 Å². The molecule has 2 unspecified atom stereocenters. The normalized spacial score (nSPS) is 21.7. The van der Waals surface area contributed by atoms with Crippen molar-refractivity contribution in [3.8, 4) is 0 Å². The molecule has 6 nitrogen and oxygen atoms in total. The molecule has 2 aliphatic rings. The Hall–Kier alpha value is -2.87. The van der Waals surface area contributed by atoms with E-state index in [0.29, 0.717) is 29.8 Å². The summed E-state index contributed by atoms with van der Waals surface area (Å²) >= 11 is 0. The maximum atomic E-state index is 13.9. The predicted octanol–water partition coefficient (Wildman–Crippen LogP) is 1.82. The zero-order chi connectivity index (χ0) is 19.0. The lowest BCUT2D eigenvalue weighted by atomic mass is 10.0. The summed E-state index contributed by atoms with van der Waals surface area (Å²) in [6.07, 6.45) is 1.39. The topological polar surface area (TPSA) is 74.3 Å². The lowest BCUT2D eigenvalue weighted by Crippen LogP contribution is -2.54. The van der Waals surface area contributed by atoms with Gasteiger partial charge in [-0.2, -0.15) is 4.39 Å². The fourth-order valence-electron chi connectivity index (χ4n) is 3.68. The second kappa shape index (κ2) is 7.03. The Balaban J connectivity index is 1.47. The van der Waals surface area contributed by atoms with Crippen LogP contribution in [0.3, 0.4) is 0 Å². The van der Waals surface area contributed by atoms with Crippen molar-refractivity contribution in [1.82, 2.24) is 15.6 Å². The fraction of sp³-hybridized carbons (Fsp3) is 0.316. The van der Waals surface area contributed by atoms with Gasteiger partial charge >= 0.3 is 0 Å². The van der Waals surface area contributed by atoms with Gasteiger partial charge in [0.25, 0.3) is 0 Å². The lowest BCUT2D eigenvalue weighted by molar-refractivity contribution is -0.125. The van der Waals surface area contributed by atoms with Gasteiger partial charge in [0.15, 0.2) is 0 Å². The summed E-state index contributed by atoms with van der Waals surface area (Å²) in [7, 11) is 0. The first-order valence-corrected chi connectivity index (χ1v) is 8.76. The van der Waals surface area contributed by atoms with Crippen molar-refractivity contribution in [3.05, 3.63) is 59.4 Å². The summed E-state index contributed by atoms with van der Waals surface area (Å²) < 4.78 is 27.2. The van der Waals surface area contributed by atoms with Gasteiger partial charge in [0.1, 0.15) is 5.82 Å². The minimum atomic E-state index is -0.622. The van der Waals surface area contributed by atoms with Crippen LogP contribution in [0.5, 0.6) is 0 Å². The molecule has 1 saturated heterocycles. The van der Waals surface area contributed by atoms with Crippen LogP contribution in [0.25, 0.3) is 0 Å². The Bertz CT molecular complexity index is 905. The fourth-order valence-corrected chi connectivity index (χ4v) is 3.68. The molecule has 1 aromatic heterocycles. The Morgan fingerprint density at radius 3 is 2.96 bits per heavy atom. The number of aromatic nitrogens is 1. The molecule has 2 amide bonds. The second-order valence-corrected chi connectivity index (χ2v) is 6.69. The first-order chi connectivity index (χ1) is 13.0. The number of halogens is 2. The molecule has 2 aliphatic heterocycles. The van der Waals surface area contributed by atoms with E-state index in [0.717, 1.165) is 0 Å². The molecule has 1 aromatic carbocycles. The number of carbonyl (C=O) groups is 2. The quantitative estimate of drug-likeness (QED) is 0.806. The zero-order valence-electron chi connectivity index (χ0n) is 14.4. The summed E-state index contributed by atoms with van der Waals surface area (Å²) in [4.78, 5) is 29.8. The van der Waals surface area contributed by atoms with Gasteiger partial charge in [-0.05, 0) is 36.2 Å². The molecule has 3 heterocycles.